The number of benzene rings is 11. The van der Waals surface area contributed by atoms with E-state index < -0.39 is 5.41 Å². The fourth-order valence-corrected chi connectivity index (χ4v) is 13.9. The average Bonchev–Trinajstić information content (AvgIpc) is 4.13. The lowest BCUT2D eigenvalue weighted by Crippen LogP contribution is -2.36. The van der Waals surface area contributed by atoms with Crippen LogP contribution >= 0.6 is 0 Å². The van der Waals surface area contributed by atoms with Gasteiger partial charge in [0.1, 0.15) is 0 Å². The first-order valence-electron chi connectivity index (χ1n) is 26.5. The summed E-state index contributed by atoms with van der Waals surface area (Å²) >= 11 is 0. The van der Waals surface area contributed by atoms with Crippen LogP contribution in [0.3, 0.4) is 0 Å². The number of nitrogens with zero attached hydrogens (tertiary/aromatic N) is 2. The molecular formula is C73H54N2. The summed E-state index contributed by atoms with van der Waals surface area (Å²) in [6, 6.07) is 95.6. The molecule has 2 nitrogen and oxygen atoms in total. The van der Waals surface area contributed by atoms with Gasteiger partial charge in [0, 0.05) is 33.6 Å². The van der Waals surface area contributed by atoms with E-state index in [1.54, 1.807) is 0 Å². The van der Waals surface area contributed by atoms with E-state index >= 15 is 0 Å². The summed E-state index contributed by atoms with van der Waals surface area (Å²) in [5.74, 6) is 0. The van der Waals surface area contributed by atoms with Gasteiger partial charge >= 0.3 is 0 Å². The fourth-order valence-electron chi connectivity index (χ4n) is 13.9. The molecule has 0 unspecified atom stereocenters. The molecule has 2 heteroatoms. The second-order valence-corrected chi connectivity index (χ2v) is 22.0. The third kappa shape index (κ3) is 6.14. The van der Waals surface area contributed by atoms with E-state index in [0.29, 0.717) is 0 Å². The Labute approximate surface area is 440 Å². The molecule has 0 N–H and O–H groups in total. The van der Waals surface area contributed by atoms with Gasteiger partial charge < -0.3 is 9.80 Å². The van der Waals surface area contributed by atoms with Crippen molar-refractivity contribution in [3.63, 3.8) is 0 Å². The highest BCUT2D eigenvalue weighted by Crippen LogP contribution is 2.64. The second kappa shape index (κ2) is 16.0. The predicted molar refractivity (Wildman–Crippen MR) is 313 cm³/mol. The number of para-hydroxylation sites is 3. The zero-order chi connectivity index (χ0) is 50.2. The highest BCUT2D eigenvalue weighted by atomic mass is 15.2. The first kappa shape index (κ1) is 43.6. The molecule has 1 spiro atoms. The minimum absolute atomic E-state index is 0.120. The monoisotopic (exact) mass is 958 g/mol. The summed E-state index contributed by atoms with van der Waals surface area (Å²) in [4.78, 5) is 4.92. The van der Waals surface area contributed by atoms with Crippen LogP contribution in [0.5, 0.6) is 0 Å². The Balaban J connectivity index is 0.832. The average molecular weight is 959 g/mol. The lowest BCUT2D eigenvalue weighted by molar-refractivity contribution is 0.660. The smallest absolute Gasteiger partial charge is 0.0754 e. The number of fused-ring (bicyclic) bond motifs is 15. The highest BCUT2D eigenvalue weighted by molar-refractivity contribution is 5.97. The Kier molecular flexibility index (Phi) is 9.30. The molecule has 1 aliphatic heterocycles. The van der Waals surface area contributed by atoms with Crippen LogP contribution in [0.2, 0.25) is 0 Å². The summed E-state index contributed by atoms with van der Waals surface area (Å²) in [5.41, 5.74) is 29.6. The van der Waals surface area contributed by atoms with Crippen molar-refractivity contribution in [2.24, 2.45) is 0 Å². The van der Waals surface area contributed by atoms with Gasteiger partial charge in [0.05, 0.1) is 16.8 Å². The van der Waals surface area contributed by atoms with Gasteiger partial charge in [0.25, 0.3) is 0 Å². The lowest BCUT2D eigenvalue weighted by Gasteiger charge is -2.45. The van der Waals surface area contributed by atoms with Crippen LogP contribution in [0, 0.1) is 0 Å². The van der Waals surface area contributed by atoms with Crippen LogP contribution < -0.4 is 9.80 Å². The van der Waals surface area contributed by atoms with E-state index in [2.05, 4.69) is 292 Å². The zero-order valence-corrected chi connectivity index (χ0v) is 42.6. The molecular weight excluding hydrogens is 905 g/mol. The molecule has 11 aromatic carbocycles. The fraction of sp³-hybridized carbons (Fsp3) is 0.0959. The Morgan fingerprint density at radius 3 is 1.29 bits per heavy atom. The molecule has 1 heterocycles. The van der Waals surface area contributed by atoms with Crippen molar-refractivity contribution >= 4 is 34.1 Å². The van der Waals surface area contributed by atoms with Crippen molar-refractivity contribution in [2.45, 2.75) is 43.9 Å². The quantitative estimate of drug-likeness (QED) is 0.164. The maximum Gasteiger partial charge on any atom is 0.0754 e. The van der Waals surface area contributed by atoms with Crippen molar-refractivity contribution in [3.8, 4) is 55.6 Å². The molecule has 11 aromatic rings. The van der Waals surface area contributed by atoms with Crippen LogP contribution in [0.4, 0.5) is 34.1 Å². The first-order chi connectivity index (χ1) is 36.7. The summed E-state index contributed by atoms with van der Waals surface area (Å²) in [6.07, 6.45) is 0. The van der Waals surface area contributed by atoms with E-state index in [4.69, 9.17) is 0 Å². The molecule has 0 aromatic heterocycles. The van der Waals surface area contributed by atoms with Gasteiger partial charge in [-0.1, -0.05) is 210 Å². The Morgan fingerprint density at radius 1 is 0.267 bits per heavy atom. The van der Waals surface area contributed by atoms with E-state index in [9.17, 15) is 0 Å². The van der Waals surface area contributed by atoms with Crippen molar-refractivity contribution in [2.75, 3.05) is 9.80 Å². The van der Waals surface area contributed by atoms with Crippen molar-refractivity contribution in [1.29, 1.82) is 0 Å². The molecule has 0 saturated heterocycles. The number of rotatable bonds is 6. The van der Waals surface area contributed by atoms with Gasteiger partial charge in [-0.15, -0.1) is 0 Å². The first-order valence-corrected chi connectivity index (χ1v) is 26.5. The van der Waals surface area contributed by atoms with E-state index in [1.807, 2.05) is 0 Å². The number of hydrogen-bond acceptors (Lipinski definition) is 2. The largest absolute Gasteiger partial charge is 0.310 e. The second-order valence-electron chi connectivity index (χ2n) is 22.0. The maximum atomic E-state index is 2.48. The summed E-state index contributed by atoms with van der Waals surface area (Å²) in [5, 5.41) is 0. The van der Waals surface area contributed by atoms with Gasteiger partial charge in [-0.05, 0) is 173 Å². The van der Waals surface area contributed by atoms with Crippen molar-refractivity contribution in [1.82, 2.24) is 0 Å². The van der Waals surface area contributed by atoms with E-state index in [-0.39, 0.29) is 10.8 Å². The predicted octanol–water partition coefficient (Wildman–Crippen LogP) is 19.2. The molecule has 0 atom stereocenters. The molecule has 356 valence electrons. The Bertz CT molecular complexity index is 4080. The van der Waals surface area contributed by atoms with Crippen LogP contribution in [0.1, 0.15) is 72.2 Å². The Hall–Kier alpha value is -8.98. The van der Waals surface area contributed by atoms with Crippen LogP contribution in [0.15, 0.2) is 255 Å². The van der Waals surface area contributed by atoms with Crippen molar-refractivity contribution in [3.05, 3.63) is 299 Å². The molecule has 75 heavy (non-hydrogen) atoms. The van der Waals surface area contributed by atoms with Crippen LogP contribution in [0.25, 0.3) is 55.6 Å². The molecule has 3 aliphatic carbocycles. The SMILES string of the molecule is CC1(C)c2ccccc2-c2ccc(N(c3ccc(-c4ccccc4)cc3)c3ccc4c(c3)C(C)(C)c3cc(-c5ccc6c(c5)-c5ccccc5C65c6ccccc6N(c6ccccc6)c6ccccc65)ccc3-4)cc21. The van der Waals surface area contributed by atoms with Crippen LogP contribution in [-0.4, -0.2) is 0 Å². The minimum Gasteiger partial charge on any atom is -0.310 e. The molecule has 0 fully saturated rings. The molecule has 0 amide bonds. The van der Waals surface area contributed by atoms with E-state index in [0.717, 1.165) is 22.7 Å². The van der Waals surface area contributed by atoms with Gasteiger partial charge in [-0.25, -0.2) is 0 Å². The van der Waals surface area contributed by atoms with Gasteiger partial charge in [-0.2, -0.15) is 0 Å². The lowest BCUT2D eigenvalue weighted by atomic mass is 9.64. The van der Waals surface area contributed by atoms with Crippen molar-refractivity contribution < 1.29 is 0 Å². The minimum atomic E-state index is -0.485. The third-order valence-electron chi connectivity index (χ3n) is 17.5. The van der Waals surface area contributed by atoms with E-state index in [1.165, 1.54) is 112 Å². The molecule has 0 bridgehead atoms. The maximum absolute atomic E-state index is 2.48. The normalized spacial score (nSPS) is 15.0. The molecule has 4 aliphatic rings. The number of anilines is 6. The standard InChI is InChI=1S/C73H54N2/c1-71(2)61-25-13-11-23-55(61)58-40-37-53(45-67(58)71)74(52-35-31-48(32-36-52)47-19-7-5-8-20-47)54-38-41-59-57-39-33-50(44-66(57)72(3,4)68(59)46-54)49-34-42-63-60(43-49)56-24-12-14-26-62(56)73(63)64-27-15-17-29-69(64)75(51-21-9-6-10-22-51)70-30-18-16-28-65(70)73/h5-46H,1-4H3. The summed E-state index contributed by atoms with van der Waals surface area (Å²) in [7, 11) is 0. The third-order valence-corrected chi connectivity index (χ3v) is 17.5. The van der Waals surface area contributed by atoms with Gasteiger partial charge in [0.2, 0.25) is 0 Å². The van der Waals surface area contributed by atoms with Gasteiger partial charge in [-0.3, -0.25) is 0 Å². The Morgan fingerprint density at radius 2 is 0.667 bits per heavy atom. The molecule has 15 rings (SSSR count). The van der Waals surface area contributed by atoms with Gasteiger partial charge in [0.15, 0.2) is 0 Å². The number of hydrogen-bond donors (Lipinski definition) is 0. The highest BCUT2D eigenvalue weighted by Gasteiger charge is 2.52. The molecule has 0 saturated carbocycles. The summed E-state index contributed by atoms with van der Waals surface area (Å²) < 4.78 is 0. The zero-order valence-electron chi connectivity index (χ0n) is 42.6. The summed E-state index contributed by atoms with van der Waals surface area (Å²) in [6.45, 7) is 9.57. The molecule has 0 radical (unpaired) electrons. The topological polar surface area (TPSA) is 6.48 Å². The van der Waals surface area contributed by atoms with Crippen LogP contribution in [-0.2, 0) is 16.2 Å².